The highest BCUT2D eigenvalue weighted by Gasteiger charge is 2.25. The highest BCUT2D eigenvalue weighted by molar-refractivity contribution is 5.95. The molecular formula is C16H19N5O2. The van der Waals surface area contributed by atoms with E-state index in [1.54, 1.807) is 36.8 Å². The Balaban J connectivity index is 1.61. The van der Waals surface area contributed by atoms with Crippen LogP contribution < -0.4 is 16.0 Å². The van der Waals surface area contributed by atoms with Crippen LogP contribution in [0.2, 0.25) is 0 Å². The van der Waals surface area contributed by atoms with Crippen molar-refractivity contribution in [2.24, 2.45) is 5.92 Å². The smallest absolute Gasteiger partial charge is 0.251 e. The van der Waals surface area contributed by atoms with Gasteiger partial charge in [-0.25, -0.2) is 4.98 Å². The number of aliphatic hydroxyl groups is 1. The first kappa shape index (κ1) is 15.4. The molecule has 120 valence electrons. The Labute approximate surface area is 134 Å². The molecule has 2 aromatic rings. The fraction of sp³-hybridized carbons (Fsp3) is 0.312. The van der Waals surface area contributed by atoms with Crippen molar-refractivity contribution in [3.05, 3.63) is 48.4 Å². The van der Waals surface area contributed by atoms with Gasteiger partial charge in [-0.1, -0.05) is 6.07 Å². The van der Waals surface area contributed by atoms with Crippen molar-refractivity contribution in [3.63, 3.8) is 0 Å². The second-order valence-corrected chi connectivity index (χ2v) is 5.49. The number of benzene rings is 1. The molecule has 0 saturated carbocycles. The number of rotatable bonds is 5. The summed E-state index contributed by atoms with van der Waals surface area (Å²) in [5.74, 6) is 0.511. The first-order chi connectivity index (χ1) is 11.2. The molecule has 1 aromatic carbocycles. The van der Waals surface area contributed by atoms with Crippen LogP contribution in [0.15, 0.2) is 42.9 Å². The number of anilines is 2. The van der Waals surface area contributed by atoms with E-state index in [2.05, 4.69) is 25.9 Å². The van der Waals surface area contributed by atoms with Gasteiger partial charge in [0, 0.05) is 49.2 Å². The topological polar surface area (TPSA) is 99.2 Å². The van der Waals surface area contributed by atoms with Crippen LogP contribution >= 0.6 is 0 Å². The van der Waals surface area contributed by atoms with Crippen molar-refractivity contribution in [1.29, 1.82) is 0 Å². The van der Waals surface area contributed by atoms with Gasteiger partial charge in [-0.2, -0.15) is 0 Å². The van der Waals surface area contributed by atoms with Crippen LogP contribution in [0.3, 0.4) is 0 Å². The number of aromatic nitrogens is 2. The van der Waals surface area contributed by atoms with E-state index in [0.29, 0.717) is 24.5 Å². The summed E-state index contributed by atoms with van der Waals surface area (Å²) in [5, 5.41) is 18.8. The van der Waals surface area contributed by atoms with Crippen LogP contribution in [0.1, 0.15) is 10.4 Å². The van der Waals surface area contributed by atoms with Gasteiger partial charge in [0.1, 0.15) is 5.82 Å². The highest BCUT2D eigenvalue weighted by Crippen LogP contribution is 2.15. The number of β-amino-alcohol motifs (C(OH)–C–C–N with tert-alkyl or cyclic N) is 1. The molecule has 0 bridgehead atoms. The lowest BCUT2D eigenvalue weighted by Crippen LogP contribution is -2.34. The molecule has 2 atom stereocenters. The van der Waals surface area contributed by atoms with Crippen LogP contribution in [-0.4, -0.2) is 46.7 Å². The van der Waals surface area contributed by atoms with Gasteiger partial charge in [0.2, 0.25) is 0 Å². The zero-order chi connectivity index (χ0) is 16.1. The summed E-state index contributed by atoms with van der Waals surface area (Å²) in [6.07, 6.45) is 4.41. The van der Waals surface area contributed by atoms with E-state index >= 15 is 0 Å². The lowest BCUT2D eigenvalue weighted by molar-refractivity contribution is 0.0927. The van der Waals surface area contributed by atoms with E-state index < -0.39 is 6.10 Å². The van der Waals surface area contributed by atoms with Gasteiger partial charge >= 0.3 is 0 Å². The quantitative estimate of drug-likeness (QED) is 0.643. The molecule has 0 aliphatic carbocycles. The van der Waals surface area contributed by atoms with Gasteiger partial charge in [-0.3, -0.25) is 9.78 Å². The maximum atomic E-state index is 12.2. The maximum Gasteiger partial charge on any atom is 0.251 e. The average Bonchev–Trinajstić information content (AvgIpc) is 2.99. The highest BCUT2D eigenvalue weighted by atomic mass is 16.3. The first-order valence-corrected chi connectivity index (χ1v) is 7.52. The zero-order valence-corrected chi connectivity index (χ0v) is 12.6. The fourth-order valence-electron chi connectivity index (χ4n) is 2.50. The third-order valence-corrected chi connectivity index (χ3v) is 3.79. The normalized spacial score (nSPS) is 20.2. The van der Waals surface area contributed by atoms with Gasteiger partial charge < -0.3 is 21.1 Å². The summed E-state index contributed by atoms with van der Waals surface area (Å²) in [6, 6.07) is 7.17. The van der Waals surface area contributed by atoms with E-state index in [9.17, 15) is 9.90 Å². The van der Waals surface area contributed by atoms with E-state index in [4.69, 9.17) is 0 Å². The number of carbonyl (C=O) groups is 1. The monoisotopic (exact) mass is 313 g/mol. The minimum Gasteiger partial charge on any atom is -0.391 e. The molecule has 1 aliphatic heterocycles. The zero-order valence-electron chi connectivity index (χ0n) is 12.6. The number of carbonyl (C=O) groups excluding carboxylic acids is 1. The van der Waals surface area contributed by atoms with Crippen LogP contribution in [0.25, 0.3) is 0 Å². The van der Waals surface area contributed by atoms with Crippen LogP contribution in [0.4, 0.5) is 11.5 Å². The van der Waals surface area contributed by atoms with Gasteiger partial charge in [0.15, 0.2) is 0 Å². The van der Waals surface area contributed by atoms with Gasteiger partial charge in [-0.15, -0.1) is 0 Å². The predicted octanol–water partition coefficient (Wildman–Crippen LogP) is 0.530. The molecule has 1 aromatic heterocycles. The molecule has 7 nitrogen and oxygen atoms in total. The molecule has 1 fully saturated rings. The molecular weight excluding hydrogens is 294 g/mol. The maximum absolute atomic E-state index is 12.2. The number of hydrogen-bond donors (Lipinski definition) is 4. The fourth-order valence-corrected chi connectivity index (χ4v) is 2.50. The molecule has 1 aliphatic rings. The van der Waals surface area contributed by atoms with Crippen molar-refractivity contribution in [1.82, 2.24) is 20.6 Å². The van der Waals surface area contributed by atoms with Crippen molar-refractivity contribution < 1.29 is 9.90 Å². The predicted molar refractivity (Wildman–Crippen MR) is 86.5 cm³/mol. The minimum atomic E-state index is -0.403. The Hall–Kier alpha value is -2.51. The van der Waals surface area contributed by atoms with Crippen LogP contribution in [0.5, 0.6) is 0 Å². The summed E-state index contributed by atoms with van der Waals surface area (Å²) >= 11 is 0. The number of hydrogen-bond acceptors (Lipinski definition) is 6. The molecule has 1 amide bonds. The Bertz CT molecular complexity index is 665. The summed E-state index contributed by atoms with van der Waals surface area (Å²) in [4.78, 5) is 20.4. The molecule has 2 heterocycles. The van der Waals surface area contributed by atoms with Gasteiger partial charge in [0.25, 0.3) is 5.91 Å². The first-order valence-electron chi connectivity index (χ1n) is 7.52. The summed E-state index contributed by atoms with van der Waals surface area (Å²) < 4.78 is 0. The van der Waals surface area contributed by atoms with Gasteiger partial charge in [0.05, 0.1) is 12.3 Å². The largest absolute Gasteiger partial charge is 0.391 e. The van der Waals surface area contributed by atoms with E-state index in [1.807, 2.05) is 6.07 Å². The number of aliphatic hydroxyl groups excluding tert-OH is 1. The van der Waals surface area contributed by atoms with Crippen LogP contribution in [-0.2, 0) is 0 Å². The van der Waals surface area contributed by atoms with Crippen molar-refractivity contribution in [3.8, 4) is 0 Å². The van der Waals surface area contributed by atoms with Gasteiger partial charge in [-0.05, 0) is 18.2 Å². The number of amides is 1. The lowest BCUT2D eigenvalue weighted by Gasteiger charge is -2.14. The summed E-state index contributed by atoms with van der Waals surface area (Å²) in [5.41, 5.74) is 1.32. The summed E-state index contributed by atoms with van der Waals surface area (Å²) in [6.45, 7) is 1.75. The van der Waals surface area contributed by atoms with Crippen LogP contribution in [0, 0.1) is 5.92 Å². The van der Waals surface area contributed by atoms with Crippen molar-refractivity contribution >= 4 is 17.4 Å². The molecule has 3 rings (SSSR count). The molecule has 2 unspecified atom stereocenters. The third-order valence-electron chi connectivity index (χ3n) is 3.79. The lowest BCUT2D eigenvalue weighted by atomic mass is 10.1. The van der Waals surface area contributed by atoms with E-state index in [-0.39, 0.29) is 11.8 Å². The molecule has 0 spiro atoms. The molecule has 4 N–H and O–H groups in total. The number of nitrogens with one attached hydrogen (secondary N) is 3. The molecule has 0 radical (unpaired) electrons. The Morgan fingerprint density at radius 3 is 3.00 bits per heavy atom. The third kappa shape index (κ3) is 4.02. The minimum absolute atomic E-state index is 0.0554. The van der Waals surface area contributed by atoms with Crippen molar-refractivity contribution in [2.45, 2.75) is 6.10 Å². The van der Waals surface area contributed by atoms with E-state index in [0.717, 1.165) is 12.2 Å². The Morgan fingerprint density at radius 2 is 2.26 bits per heavy atom. The number of nitrogens with zero attached hydrogens (tertiary/aromatic N) is 2. The summed E-state index contributed by atoms with van der Waals surface area (Å²) in [7, 11) is 0. The second kappa shape index (κ2) is 7.17. The molecule has 23 heavy (non-hydrogen) atoms. The standard InChI is InChI=1S/C16H19N5O2/c22-14-9-18-7-12(14)8-20-16(23)11-2-1-3-13(6-11)21-15-10-17-4-5-19-15/h1-6,10,12,14,18,22H,7-9H2,(H,19,21)(H,20,23). The Morgan fingerprint density at radius 1 is 1.35 bits per heavy atom. The average molecular weight is 313 g/mol. The van der Waals surface area contributed by atoms with Crippen molar-refractivity contribution in [2.75, 3.05) is 25.0 Å². The second-order valence-electron chi connectivity index (χ2n) is 5.49. The van der Waals surface area contributed by atoms with E-state index in [1.165, 1.54) is 0 Å². The molecule has 1 saturated heterocycles. The Kier molecular flexibility index (Phi) is 4.80. The molecule has 7 heteroatoms. The SMILES string of the molecule is O=C(NCC1CNCC1O)c1cccc(Nc2cnccn2)c1.